The van der Waals surface area contributed by atoms with Crippen LogP contribution in [0.15, 0.2) is 65.1 Å². The van der Waals surface area contributed by atoms with Gasteiger partial charge in [0.25, 0.3) is 0 Å². The van der Waals surface area contributed by atoms with Crippen LogP contribution in [-0.2, 0) is 0 Å². The number of nitrogens with zero attached hydrogens (tertiary/aromatic N) is 1. The van der Waals surface area contributed by atoms with Crippen LogP contribution in [0.3, 0.4) is 0 Å². The molecular formula is C19H10ClNOS. The van der Waals surface area contributed by atoms with Crippen molar-refractivity contribution < 1.29 is 4.42 Å². The number of aromatic nitrogens is 1. The van der Waals surface area contributed by atoms with Crippen LogP contribution < -0.4 is 0 Å². The fourth-order valence-corrected chi connectivity index (χ4v) is 4.40. The molecule has 0 aliphatic heterocycles. The Balaban J connectivity index is 1.94. The summed E-state index contributed by atoms with van der Waals surface area (Å²) in [5.41, 5.74) is 2.44. The summed E-state index contributed by atoms with van der Waals surface area (Å²) in [7, 11) is 0. The minimum Gasteiger partial charge on any atom is -0.434 e. The summed E-state index contributed by atoms with van der Waals surface area (Å²) in [5.74, 6) is 0.602. The van der Waals surface area contributed by atoms with Crippen LogP contribution in [0.25, 0.3) is 42.7 Å². The molecule has 0 N–H and O–H groups in total. The van der Waals surface area contributed by atoms with E-state index >= 15 is 0 Å². The Labute approximate surface area is 140 Å². The molecule has 2 heterocycles. The van der Waals surface area contributed by atoms with E-state index in [-0.39, 0.29) is 0 Å². The molecule has 2 aromatic heterocycles. The van der Waals surface area contributed by atoms with Gasteiger partial charge in [-0.25, -0.2) is 4.98 Å². The molecule has 0 atom stereocenters. The normalized spacial score (nSPS) is 11.7. The molecule has 0 bridgehead atoms. The molecule has 0 saturated heterocycles. The molecule has 0 radical (unpaired) electrons. The van der Waals surface area contributed by atoms with Crippen LogP contribution in [0.1, 0.15) is 0 Å². The fourth-order valence-electron chi connectivity index (χ4n) is 2.95. The first-order chi connectivity index (χ1) is 11.3. The van der Waals surface area contributed by atoms with Crippen molar-refractivity contribution in [1.82, 2.24) is 4.98 Å². The number of benzene rings is 3. The molecule has 0 aliphatic carbocycles. The SMILES string of the molecule is Clc1cc2sc3ccccc3c2c2nc(-c3ccccc3)oc12. The van der Waals surface area contributed by atoms with Crippen molar-refractivity contribution in [2.75, 3.05) is 0 Å². The standard InChI is InChI=1S/C19H10ClNOS/c20-13-10-15-16(12-8-4-5-9-14(12)23-15)17-18(13)22-19(21-17)11-6-2-1-3-7-11/h1-10H. The molecule has 2 nitrogen and oxygen atoms in total. The predicted molar refractivity (Wildman–Crippen MR) is 97.3 cm³/mol. The van der Waals surface area contributed by atoms with Crippen LogP contribution in [0.2, 0.25) is 5.02 Å². The van der Waals surface area contributed by atoms with Crippen LogP contribution in [0.4, 0.5) is 0 Å². The van der Waals surface area contributed by atoms with E-state index in [0.717, 1.165) is 21.2 Å². The Morgan fingerprint density at radius 1 is 0.913 bits per heavy atom. The first kappa shape index (κ1) is 13.1. The second-order valence-corrected chi connectivity index (χ2v) is 6.88. The van der Waals surface area contributed by atoms with Crippen LogP contribution >= 0.6 is 22.9 Å². The van der Waals surface area contributed by atoms with Crippen molar-refractivity contribution in [2.45, 2.75) is 0 Å². The van der Waals surface area contributed by atoms with Gasteiger partial charge in [-0.05, 0) is 24.3 Å². The molecule has 3 aromatic carbocycles. The summed E-state index contributed by atoms with van der Waals surface area (Å²) in [6.07, 6.45) is 0. The third kappa shape index (κ3) is 1.90. The molecule has 0 amide bonds. The van der Waals surface area contributed by atoms with Gasteiger partial charge in [-0.15, -0.1) is 11.3 Å². The number of oxazole rings is 1. The van der Waals surface area contributed by atoms with Gasteiger partial charge in [-0.3, -0.25) is 0 Å². The van der Waals surface area contributed by atoms with Crippen molar-refractivity contribution in [3.8, 4) is 11.5 Å². The minimum absolute atomic E-state index is 0.602. The molecule has 0 saturated carbocycles. The fraction of sp³-hybridized carbons (Fsp3) is 0. The summed E-state index contributed by atoms with van der Waals surface area (Å²) < 4.78 is 8.34. The van der Waals surface area contributed by atoms with Crippen LogP contribution in [0, 0.1) is 0 Å². The Morgan fingerprint density at radius 3 is 2.57 bits per heavy atom. The zero-order valence-corrected chi connectivity index (χ0v) is 13.5. The second kappa shape index (κ2) is 4.82. The van der Waals surface area contributed by atoms with E-state index in [0.29, 0.717) is 16.5 Å². The van der Waals surface area contributed by atoms with Gasteiger partial charge in [0, 0.05) is 25.7 Å². The van der Waals surface area contributed by atoms with Crippen molar-refractivity contribution in [3.05, 3.63) is 65.7 Å². The molecule has 0 aliphatic rings. The Bertz CT molecular complexity index is 1170. The smallest absolute Gasteiger partial charge is 0.227 e. The lowest BCUT2D eigenvalue weighted by Gasteiger charge is -1.94. The summed E-state index contributed by atoms with van der Waals surface area (Å²) >= 11 is 8.17. The lowest BCUT2D eigenvalue weighted by Crippen LogP contribution is -1.76. The van der Waals surface area contributed by atoms with Crippen LogP contribution in [-0.4, -0.2) is 4.98 Å². The molecular weight excluding hydrogens is 326 g/mol. The highest BCUT2D eigenvalue weighted by atomic mass is 35.5. The highest BCUT2D eigenvalue weighted by molar-refractivity contribution is 7.26. The monoisotopic (exact) mass is 335 g/mol. The number of thiophene rings is 1. The van der Waals surface area contributed by atoms with Gasteiger partial charge < -0.3 is 4.42 Å². The highest BCUT2D eigenvalue weighted by Gasteiger charge is 2.17. The van der Waals surface area contributed by atoms with E-state index in [4.69, 9.17) is 21.0 Å². The summed E-state index contributed by atoms with van der Waals surface area (Å²) in [5, 5.41) is 2.92. The largest absolute Gasteiger partial charge is 0.434 e. The number of hydrogen-bond donors (Lipinski definition) is 0. The molecule has 0 fully saturated rings. The van der Waals surface area contributed by atoms with Crippen LogP contribution in [0.5, 0.6) is 0 Å². The van der Waals surface area contributed by atoms with Crippen molar-refractivity contribution in [3.63, 3.8) is 0 Å². The number of rotatable bonds is 1. The first-order valence-corrected chi connectivity index (χ1v) is 8.46. The number of hydrogen-bond acceptors (Lipinski definition) is 3. The lowest BCUT2D eigenvalue weighted by molar-refractivity contribution is 0.620. The average Bonchev–Trinajstić information content (AvgIpc) is 3.17. The first-order valence-electron chi connectivity index (χ1n) is 7.27. The number of fused-ring (bicyclic) bond motifs is 5. The third-order valence-corrected chi connectivity index (χ3v) is 5.38. The van der Waals surface area contributed by atoms with Gasteiger partial charge in [0.1, 0.15) is 5.52 Å². The van der Waals surface area contributed by atoms with E-state index in [1.54, 1.807) is 11.3 Å². The zero-order chi connectivity index (χ0) is 15.4. The molecule has 0 spiro atoms. The number of halogens is 1. The molecule has 5 rings (SSSR count). The van der Waals surface area contributed by atoms with Gasteiger partial charge in [0.15, 0.2) is 5.58 Å². The zero-order valence-electron chi connectivity index (χ0n) is 11.9. The van der Waals surface area contributed by atoms with Gasteiger partial charge in [-0.1, -0.05) is 48.0 Å². The maximum Gasteiger partial charge on any atom is 0.227 e. The summed E-state index contributed by atoms with van der Waals surface area (Å²) in [6, 6.07) is 20.2. The highest BCUT2D eigenvalue weighted by Crippen LogP contribution is 2.42. The Morgan fingerprint density at radius 2 is 1.70 bits per heavy atom. The summed E-state index contributed by atoms with van der Waals surface area (Å²) in [6.45, 7) is 0. The lowest BCUT2D eigenvalue weighted by atomic mass is 10.1. The van der Waals surface area contributed by atoms with E-state index in [1.165, 1.54) is 10.1 Å². The third-order valence-electron chi connectivity index (χ3n) is 3.98. The molecule has 110 valence electrons. The van der Waals surface area contributed by atoms with Gasteiger partial charge in [0.05, 0.1) is 5.02 Å². The topological polar surface area (TPSA) is 26.0 Å². The Kier molecular flexibility index (Phi) is 2.75. The second-order valence-electron chi connectivity index (χ2n) is 5.39. The van der Waals surface area contributed by atoms with E-state index in [2.05, 4.69) is 18.2 Å². The Hall–Kier alpha value is -2.36. The van der Waals surface area contributed by atoms with Crippen molar-refractivity contribution >= 4 is 54.2 Å². The van der Waals surface area contributed by atoms with Gasteiger partial charge in [0.2, 0.25) is 5.89 Å². The predicted octanol–water partition coefficient (Wildman–Crippen LogP) is 6.52. The van der Waals surface area contributed by atoms with Crippen molar-refractivity contribution in [2.24, 2.45) is 0 Å². The molecule has 23 heavy (non-hydrogen) atoms. The van der Waals surface area contributed by atoms with E-state index in [1.807, 2.05) is 42.5 Å². The summed E-state index contributed by atoms with van der Waals surface area (Å²) in [4.78, 5) is 4.75. The van der Waals surface area contributed by atoms with E-state index in [9.17, 15) is 0 Å². The molecule has 0 unspecified atom stereocenters. The van der Waals surface area contributed by atoms with Gasteiger partial charge in [-0.2, -0.15) is 0 Å². The van der Waals surface area contributed by atoms with E-state index < -0.39 is 0 Å². The molecule has 4 heteroatoms. The van der Waals surface area contributed by atoms with Gasteiger partial charge >= 0.3 is 0 Å². The maximum atomic E-state index is 6.44. The van der Waals surface area contributed by atoms with Crippen molar-refractivity contribution in [1.29, 1.82) is 0 Å². The average molecular weight is 336 g/mol. The minimum atomic E-state index is 0.602. The quantitative estimate of drug-likeness (QED) is 0.348. The maximum absolute atomic E-state index is 6.44. The molecule has 5 aromatic rings.